The molecule has 0 radical (unpaired) electrons. The molecule has 0 saturated heterocycles. The molecule has 86 valence electrons. The molecule has 5 heteroatoms. The maximum Gasteiger partial charge on any atom is 0.332 e. The lowest BCUT2D eigenvalue weighted by Crippen LogP contribution is -2.25. The molecular formula is C12H12N4O. The van der Waals surface area contributed by atoms with E-state index in [4.69, 9.17) is 5.73 Å². The topological polar surface area (TPSA) is 80.4 Å². The Labute approximate surface area is 98.3 Å². The number of aromatic nitrogens is 1. The van der Waals surface area contributed by atoms with E-state index in [1.807, 2.05) is 36.4 Å². The first-order valence-corrected chi connectivity index (χ1v) is 5.13. The monoisotopic (exact) mass is 228 g/mol. The highest BCUT2D eigenvalue weighted by Gasteiger charge is 2.01. The summed E-state index contributed by atoms with van der Waals surface area (Å²) in [4.78, 5) is 15.0. The van der Waals surface area contributed by atoms with Crippen molar-refractivity contribution < 1.29 is 4.79 Å². The van der Waals surface area contributed by atoms with E-state index in [1.165, 1.54) is 0 Å². The fourth-order valence-corrected chi connectivity index (χ4v) is 1.46. The van der Waals surface area contributed by atoms with Crippen LogP contribution in [-0.2, 0) is 0 Å². The molecule has 0 saturated carbocycles. The molecule has 0 spiro atoms. The predicted octanol–water partition coefficient (Wildman–Crippen LogP) is 1.63. The third kappa shape index (κ3) is 2.57. The molecule has 1 heterocycles. The number of amides is 2. The first kappa shape index (κ1) is 11.1. The average molecular weight is 228 g/mol. The van der Waals surface area contributed by atoms with E-state index in [0.29, 0.717) is 11.4 Å². The third-order valence-corrected chi connectivity index (χ3v) is 2.30. The van der Waals surface area contributed by atoms with E-state index >= 15 is 0 Å². The lowest BCUT2D eigenvalue weighted by Gasteiger charge is -2.02. The summed E-state index contributed by atoms with van der Waals surface area (Å²) >= 11 is 0. The number of para-hydroxylation sites is 1. The van der Waals surface area contributed by atoms with Gasteiger partial charge in [0.15, 0.2) is 0 Å². The van der Waals surface area contributed by atoms with E-state index < -0.39 is 6.03 Å². The van der Waals surface area contributed by atoms with Crippen molar-refractivity contribution >= 4 is 22.6 Å². The molecule has 5 nitrogen and oxygen atoms in total. The lowest BCUT2D eigenvalue weighted by atomic mass is 10.2. The second kappa shape index (κ2) is 4.61. The number of nitrogens with two attached hydrogens (primary N) is 1. The zero-order valence-electron chi connectivity index (χ0n) is 9.34. The lowest BCUT2D eigenvalue weighted by molar-refractivity contribution is 0.249. The summed E-state index contributed by atoms with van der Waals surface area (Å²) in [5, 5.41) is 4.89. The predicted molar refractivity (Wildman–Crippen MR) is 66.7 cm³/mol. The van der Waals surface area contributed by atoms with Crippen LogP contribution in [0.25, 0.3) is 10.9 Å². The van der Waals surface area contributed by atoms with E-state index in [2.05, 4.69) is 15.5 Å². The van der Waals surface area contributed by atoms with Crippen LogP contribution >= 0.6 is 0 Å². The zero-order valence-corrected chi connectivity index (χ0v) is 9.34. The van der Waals surface area contributed by atoms with Crippen molar-refractivity contribution in [2.24, 2.45) is 10.8 Å². The number of hydrazone groups is 1. The van der Waals surface area contributed by atoms with Crippen molar-refractivity contribution in [3.63, 3.8) is 0 Å². The quantitative estimate of drug-likeness (QED) is 0.605. The number of carbonyl (C=O) groups excluding carboxylic acids is 1. The van der Waals surface area contributed by atoms with Gasteiger partial charge in [-0.3, -0.25) is 0 Å². The summed E-state index contributed by atoms with van der Waals surface area (Å²) in [5.41, 5.74) is 9.31. The summed E-state index contributed by atoms with van der Waals surface area (Å²) in [6.45, 7) is 1.76. The standard InChI is InChI=1S/C12H12N4O/c1-8(15-16-12(13)17)10-7-6-9-4-2-3-5-11(9)14-10/h2-7H,1H3,(H3,13,16,17). The van der Waals surface area contributed by atoms with Gasteiger partial charge in [-0.05, 0) is 19.1 Å². The maximum absolute atomic E-state index is 10.5. The minimum absolute atomic E-state index is 0.606. The Morgan fingerprint density at radius 1 is 1.29 bits per heavy atom. The maximum atomic E-state index is 10.5. The fraction of sp³-hybridized carbons (Fsp3) is 0.0833. The van der Waals surface area contributed by atoms with E-state index in [-0.39, 0.29) is 0 Å². The van der Waals surface area contributed by atoms with Crippen molar-refractivity contribution in [2.75, 3.05) is 0 Å². The largest absolute Gasteiger partial charge is 0.350 e. The highest BCUT2D eigenvalue weighted by molar-refractivity contribution is 5.99. The van der Waals surface area contributed by atoms with E-state index in [9.17, 15) is 4.79 Å². The number of rotatable bonds is 2. The molecule has 2 amide bonds. The molecule has 17 heavy (non-hydrogen) atoms. The van der Waals surface area contributed by atoms with Gasteiger partial charge in [0.2, 0.25) is 0 Å². The second-order valence-corrected chi connectivity index (χ2v) is 3.56. The van der Waals surface area contributed by atoms with E-state index in [0.717, 1.165) is 10.9 Å². The molecule has 0 aliphatic rings. The minimum atomic E-state index is -0.690. The molecule has 2 rings (SSSR count). The molecule has 0 bridgehead atoms. The zero-order chi connectivity index (χ0) is 12.3. The molecule has 1 aromatic carbocycles. The number of primary amides is 1. The first-order valence-electron chi connectivity index (χ1n) is 5.13. The number of fused-ring (bicyclic) bond motifs is 1. The number of hydrogen-bond donors (Lipinski definition) is 2. The van der Waals surface area contributed by atoms with Gasteiger partial charge in [-0.25, -0.2) is 15.2 Å². The smallest absolute Gasteiger partial charge is 0.332 e. The van der Waals surface area contributed by atoms with Crippen molar-refractivity contribution in [2.45, 2.75) is 6.92 Å². The number of urea groups is 1. The average Bonchev–Trinajstić information content (AvgIpc) is 2.35. The fourth-order valence-electron chi connectivity index (χ4n) is 1.46. The number of nitrogens with one attached hydrogen (secondary N) is 1. The Kier molecular flexibility index (Phi) is 3.00. The Hall–Kier alpha value is -2.43. The van der Waals surface area contributed by atoms with Crippen LogP contribution in [0, 0.1) is 0 Å². The summed E-state index contributed by atoms with van der Waals surface area (Å²) < 4.78 is 0. The van der Waals surface area contributed by atoms with Crippen LogP contribution in [0.15, 0.2) is 41.5 Å². The van der Waals surface area contributed by atoms with Gasteiger partial charge in [0.05, 0.1) is 16.9 Å². The van der Waals surface area contributed by atoms with Crippen molar-refractivity contribution in [3.8, 4) is 0 Å². The Bertz CT molecular complexity index is 592. The van der Waals surface area contributed by atoms with Gasteiger partial charge in [0, 0.05) is 5.39 Å². The number of hydrogen-bond acceptors (Lipinski definition) is 3. The van der Waals surface area contributed by atoms with Gasteiger partial charge in [-0.1, -0.05) is 24.3 Å². The SMILES string of the molecule is CC(=NNC(N)=O)c1ccc2ccccc2n1. The van der Waals surface area contributed by atoms with Crippen LogP contribution in [-0.4, -0.2) is 16.7 Å². The highest BCUT2D eigenvalue weighted by Crippen LogP contribution is 2.12. The summed E-state index contributed by atoms with van der Waals surface area (Å²) in [7, 11) is 0. The Morgan fingerprint density at radius 3 is 2.82 bits per heavy atom. The van der Waals surface area contributed by atoms with Gasteiger partial charge < -0.3 is 5.73 Å². The third-order valence-electron chi connectivity index (χ3n) is 2.30. The molecular weight excluding hydrogens is 216 g/mol. The molecule has 0 unspecified atom stereocenters. The van der Waals surface area contributed by atoms with Crippen LogP contribution in [0.5, 0.6) is 0 Å². The number of benzene rings is 1. The summed E-state index contributed by atoms with van der Waals surface area (Å²) in [6.07, 6.45) is 0. The molecule has 0 fully saturated rings. The van der Waals surface area contributed by atoms with Crippen LogP contribution < -0.4 is 11.2 Å². The Balaban J connectivity index is 2.36. The molecule has 0 aliphatic heterocycles. The molecule has 0 atom stereocenters. The van der Waals surface area contributed by atoms with Crippen LogP contribution in [0.1, 0.15) is 12.6 Å². The molecule has 3 N–H and O–H groups in total. The van der Waals surface area contributed by atoms with E-state index in [1.54, 1.807) is 6.92 Å². The molecule has 0 aliphatic carbocycles. The van der Waals surface area contributed by atoms with Gasteiger partial charge in [0.25, 0.3) is 0 Å². The Morgan fingerprint density at radius 2 is 2.06 bits per heavy atom. The summed E-state index contributed by atoms with van der Waals surface area (Å²) in [5.74, 6) is 0. The number of carbonyl (C=O) groups is 1. The molecule has 2 aromatic rings. The van der Waals surface area contributed by atoms with Crippen molar-refractivity contribution in [1.29, 1.82) is 0 Å². The second-order valence-electron chi connectivity index (χ2n) is 3.56. The first-order chi connectivity index (χ1) is 8.16. The summed E-state index contributed by atoms with van der Waals surface area (Å²) in [6, 6.07) is 10.9. The van der Waals surface area contributed by atoms with Crippen LogP contribution in [0.2, 0.25) is 0 Å². The van der Waals surface area contributed by atoms with Gasteiger partial charge in [-0.15, -0.1) is 0 Å². The molecule has 1 aromatic heterocycles. The van der Waals surface area contributed by atoms with Gasteiger partial charge >= 0.3 is 6.03 Å². The normalized spacial score (nSPS) is 11.5. The van der Waals surface area contributed by atoms with Crippen molar-refractivity contribution in [3.05, 3.63) is 42.1 Å². The van der Waals surface area contributed by atoms with Crippen molar-refractivity contribution in [1.82, 2.24) is 10.4 Å². The van der Waals surface area contributed by atoms with Crippen LogP contribution in [0.3, 0.4) is 0 Å². The number of pyridine rings is 1. The number of nitrogens with zero attached hydrogens (tertiary/aromatic N) is 2. The van der Waals surface area contributed by atoms with Crippen LogP contribution in [0.4, 0.5) is 4.79 Å². The minimum Gasteiger partial charge on any atom is -0.350 e. The highest BCUT2D eigenvalue weighted by atomic mass is 16.2. The van der Waals surface area contributed by atoms with Gasteiger partial charge in [-0.2, -0.15) is 5.10 Å². The van der Waals surface area contributed by atoms with Gasteiger partial charge in [0.1, 0.15) is 0 Å².